The molecule has 6 rings (SSSR count). The molecule has 0 bridgehead atoms. The molecule has 0 aliphatic carbocycles. The summed E-state index contributed by atoms with van der Waals surface area (Å²) >= 11 is 0. The van der Waals surface area contributed by atoms with Crippen molar-refractivity contribution in [3.05, 3.63) is 47.7 Å². The Morgan fingerprint density at radius 3 is 2.64 bits per heavy atom. The van der Waals surface area contributed by atoms with E-state index >= 15 is 0 Å². The molecule has 8 heteroatoms. The van der Waals surface area contributed by atoms with Gasteiger partial charge in [0, 0.05) is 37.2 Å². The normalized spacial score (nSPS) is 19.6. The number of nitrogens with zero attached hydrogens (tertiary/aromatic N) is 4. The summed E-state index contributed by atoms with van der Waals surface area (Å²) in [6, 6.07) is 6.16. The number of aryl methyl sites for hydroxylation is 1. The predicted octanol–water partition coefficient (Wildman–Crippen LogP) is 5.45. The van der Waals surface area contributed by atoms with Crippen molar-refractivity contribution in [1.82, 2.24) is 15.0 Å². The van der Waals surface area contributed by atoms with Gasteiger partial charge in [-0.25, -0.2) is 14.4 Å². The van der Waals surface area contributed by atoms with Crippen LogP contribution >= 0.6 is 0 Å². The Balaban J connectivity index is 1.59. The van der Waals surface area contributed by atoms with Crippen molar-refractivity contribution in [3.63, 3.8) is 0 Å². The number of pyridine rings is 1. The van der Waals surface area contributed by atoms with Crippen LogP contribution in [0, 0.1) is 5.82 Å². The second kappa shape index (κ2) is 8.27. The van der Waals surface area contributed by atoms with Gasteiger partial charge >= 0.3 is 0 Å². The summed E-state index contributed by atoms with van der Waals surface area (Å²) in [5, 5.41) is 24.0. The molecule has 4 heterocycles. The first kappa shape index (κ1) is 22.9. The lowest BCUT2D eigenvalue weighted by Gasteiger charge is -2.38. The van der Waals surface area contributed by atoms with Gasteiger partial charge in [0.25, 0.3) is 0 Å². The lowest BCUT2D eigenvalue weighted by molar-refractivity contribution is -0.130. The van der Waals surface area contributed by atoms with E-state index in [1.54, 1.807) is 18.3 Å². The fraction of sp³-hybridized carbons (Fsp3) is 0.393. The highest BCUT2D eigenvalue weighted by molar-refractivity contribution is 6.04. The molecule has 2 N–H and O–H groups in total. The lowest BCUT2D eigenvalue weighted by atomic mass is 9.94. The molecule has 0 amide bonds. The van der Waals surface area contributed by atoms with Crippen molar-refractivity contribution in [2.24, 2.45) is 0 Å². The third kappa shape index (κ3) is 3.46. The van der Waals surface area contributed by atoms with Gasteiger partial charge < -0.3 is 19.8 Å². The number of aromatic hydroxyl groups is 2. The molecule has 2 saturated heterocycles. The smallest absolute Gasteiger partial charge is 0.168 e. The zero-order valence-electron chi connectivity index (χ0n) is 20.7. The van der Waals surface area contributed by atoms with Crippen LogP contribution in [0.1, 0.15) is 50.9 Å². The second-order valence-corrected chi connectivity index (χ2v) is 10.2. The first-order valence-electron chi connectivity index (χ1n) is 12.5. The Morgan fingerprint density at radius 2 is 1.97 bits per heavy atom. The van der Waals surface area contributed by atoms with Crippen LogP contribution in [0.4, 0.5) is 10.2 Å². The van der Waals surface area contributed by atoms with Crippen LogP contribution in [-0.4, -0.2) is 50.5 Å². The number of fused-ring (bicyclic) bond motifs is 2. The Bertz CT molecular complexity index is 1520. The summed E-state index contributed by atoms with van der Waals surface area (Å²) in [5.41, 5.74) is 1.53. The third-order valence-electron chi connectivity index (χ3n) is 7.57. The topological polar surface area (TPSA) is 91.6 Å². The van der Waals surface area contributed by atoms with E-state index < -0.39 is 0 Å². The molecule has 2 aliphatic heterocycles. The maximum absolute atomic E-state index is 14.8. The molecule has 36 heavy (non-hydrogen) atoms. The van der Waals surface area contributed by atoms with Crippen LogP contribution < -0.4 is 4.90 Å². The average Bonchev–Trinajstić information content (AvgIpc) is 3.30. The van der Waals surface area contributed by atoms with E-state index in [4.69, 9.17) is 14.7 Å². The number of aromatic nitrogens is 3. The zero-order valence-corrected chi connectivity index (χ0v) is 20.7. The van der Waals surface area contributed by atoms with Crippen molar-refractivity contribution in [2.45, 2.75) is 51.6 Å². The molecule has 2 aliphatic rings. The number of phenolic OH excluding ortho intramolecular Hbond substituents is 1. The van der Waals surface area contributed by atoms with Crippen LogP contribution in [-0.2, 0) is 11.2 Å². The number of halogens is 1. The predicted molar refractivity (Wildman–Crippen MR) is 137 cm³/mol. The number of anilines is 1. The number of rotatable bonds is 4. The lowest BCUT2D eigenvalue weighted by Crippen LogP contribution is -2.46. The van der Waals surface area contributed by atoms with Gasteiger partial charge in [0.2, 0.25) is 0 Å². The summed E-state index contributed by atoms with van der Waals surface area (Å²) < 4.78 is 20.7. The summed E-state index contributed by atoms with van der Waals surface area (Å²) in [6.45, 7) is 8.26. The molecule has 2 fully saturated rings. The van der Waals surface area contributed by atoms with Gasteiger partial charge in [-0.1, -0.05) is 26.8 Å². The van der Waals surface area contributed by atoms with E-state index in [2.05, 4.69) is 9.88 Å². The minimum absolute atomic E-state index is 0.0153. The van der Waals surface area contributed by atoms with E-state index in [1.807, 2.05) is 20.8 Å². The molecule has 186 valence electrons. The highest BCUT2D eigenvalue weighted by atomic mass is 19.1. The van der Waals surface area contributed by atoms with Gasteiger partial charge in [-0.2, -0.15) is 0 Å². The number of hydrogen-bond acceptors (Lipinski definition) is 7. The van der Waals surface area contributed by atoms with E-state index in [1.165, 1.54) is 12.1 Å². The Kier molecular flexibility index (Phi) is 5.26. The van der Waals surface area contributed by atoms with Crippen LogP contribution in [0.2, 0.25) is 0 Å². The Labute approximate surface area is 208 Å². The van der Waals surface area contributed by atoms with Gasteiger partial charge in [0.15, 0.2) is 5.75 Å². The summed E-state index contributed by atoms with van der Waals surface area (Å²) in [5.74, 6) is 0.993. The van der Waals surface area contributed by atoms with Crippen molar-refractivity contribution >= 4 is 27.5 Å². The summed E-state index contributed by atoms with van der Waals surface area (Å²) in [4.78, 5) is 16.4. The molecule has 7 nitrogen and oxygen atoms in total. The molecule has 0 radical (unpaired) electrons. The Morgan fingerprint density at radius 1 is 1.17 bits per heavy atom. The van der Waals surface area contributed by atoms with Gasteiger partial charge in [-0.3, -0.25) is 4.98 Å². The number of benzene rings is 2. The first-order valence-corrected chi connectivity index (χ1v) is 12.5. The maximum Gasteiger partial charge on any atom is 0.168 e. The second-order valence-electron chi connectivity index (χ2n) is 10.2. The minimum atomic E-state index is -0.329. The Hall–Kier alpha value is -3.52. The molecule has 0 saturated carbocycles. The zero-order chi connectivity index (χ0) is 25.2. The molecular formula is C28H29FN4O3. The number of phenols is 1. The fourth-order valence-corrected chi connectivity index (χ4v) is 5.54. The summed E-state index contributed by atoms with van der Waals surface area (Å²) in [6.07, 6.45) is 4.11. The maximum atomic E-state index is 14.8. The fourth-order valence-electron chi connectivity index (χ4n) is 5.54. The monoisotopic (exact) mass is 488 g/mol. The molecule has 1 atom stereocenters. The van der Waals surface area contributed by atoms with E-state index in [0.717, 1.165) is 38.4 Å². The van der Waals surface area contributed by atoms with Crippen LogP contribution in [0.3, 0.4) is 0 Å². The van der Waals surface area contributed by atoms with Crippen molar-refractivity contribution < 1.29 is 19.3 Å². The van der Waals surface area contributed by atoms with Gasteiger partial charge in [0.05, 0.1) is 17.6 Å². The van der Waals surface area contributed by atoms with Crippen LogP contribution in [0.5, 0.6) is 11.5 Å². The van der Waals surface area contributed by atoms with E-state index in [0.29, 0.717) is 45.0 Å². The molecule has 2 aromatic carbocycles. The van der Waals surface area contributed by atoms with Crippen molar-refractivity contribution in [1.29, 1.82) is 0 Å². The van der Waals surface area contributed by atoms with Crippen LogP contribution in [0.15, 0.2) is 30.5 Å². The number of ether oxygens (including phenoxy) is 1. The van der Waals surface area contributed by atoms with Crippen LogP contribution in [0.25, 0.3) is 32.9 Å². The van der Waals surface area contributed by atoms with E-state index in [9.17, 15) is 14.6 Å². The number of hydrogen-bond donors (Lipinski definition) is 2. The molecule has 2 aromatic heterocycles. The quantitative estimate of drug-likeness (QED) is 0.395. The first-order chi connectivity index (χ1) is 17.3. The molecule has 4 aromatic rings. The highest BCUT2D eigenvalue weighted by Gasteiger charge is 2.45. The molecule has 1 unspecified atom stereocenters. The SMILES string of the molecule is CCc1c(F)ccc2cc(O)cc(-c3ncc4c(N5CCC6(CCO6)C5)nc(C(C)C)nc4c3O)c12. The standard InChI is InChI=1S/C28H29FN4O3/c1-4-18-21(29)6-5-16-11-17(34)12-19(22(16)18)23-25(35)24-20(13-30-23)27(32-26(31-24)15(2)3)33-9-7-28(14-33)8-10-36-28/h5-6,11-13,15,34-35H,4,7-10,14H2,1-3H3. The average molecular weight is 489 g/mol. The van der Waals surface area contributed by atoms with Crippen molar-refractivity contribution in [3.8, 4) is 22.8 Å². The molecular weight excluding hydrogens is 459 g/mol. The van der Waals surface area contributed by atoms with Gasteiger partial charge in [0.1, 0.15) is 34.4 Å². The largest absolute Gasteiger partial charge is 0.508 e. The van der Waals surface area contributed by atoms with Gasteiger partial charge in [-0.05, 0) is 47.4 Å². The molecule has 1 spiro atoms. The van der Waals surface area contributed by atoms with Gasteiger partial charge in [-0.15, -0.1) is 0 Å². The minimum Gasteiger partial charge on any atom is -0.508 e. The van der Waals surface area contributed by atoms with E-state index in [-0.39, 0.29) is 34.5 Å². The third-order valence-corrected chi connectivity index (χ3v) is 7.57. The highest BCUT2D eigenvalue weighted by Crippen LogP contribution is 2.44. The van der Waals surface area contributed by atoms with Crippen molar-refractivity contribution in [2.75, 3.05) is 24.6 Å². The summed E-state index contributed by atoms with van der Waals surface area (Å²) in [7, 11) is 0.